The molecule has 19 heavy (non-hydrogen) atoms. The van der Waals surface area contributed by atoms with Gasteiger partial charge in [-0.2, -0.15) is 0 Å². The molecule has 108 valence electrons. The molecule has 0 radical (unpaired) electrons. The van der Waals surface area contributed by atoms with Crippen LogP contribution >= 0.6 is 11.6 Å². The number of hydrogen-bond donors (Lipinski definition) is 2. The number of rotatable bonds is 4. The highest BCUT2D eigenvalue weighted by atomic mass is 35.5. The zero-order valence-electron chi connectivity index (χ0n) is 12.8. The predicted molar refractivity (Wildman–Crippen MR) is 82.9 cm³/mol. The lowest BCUT2D eigenvalue weighted by atomic mass is 9.97. The Bertz CT molecular complexity index is 382. The zero-order valence-corrected chi connectivity index (χ0v) is 13.5. The van der Waals surface area contributed by atoms with E-state index in [1.807, 2.05) is 6.07 Å². The van der Waals surface area contributed by atoms with Crippen LogP contribution in [0.2, 0.25) is 5.28 Å². The molecule has 0 saturated heterocycles. The second-order valence-electron chi connectivity index (χ2n) is 7.24. The maximum Gasteiger partial charge on any atom is 0.226 e. The Kier molecular flexibility index (Phi) is 5.02. The maximum atomic E-state index is 5.95. The first-order valence-electron chi connectivity index (χ1n) is 6.57. The van der Waals surface area contributed by atoms with Gasteiger partial charge in [0.1, 0.15) is 11.6 Å². The van der Waals surface area contributed by atoms with Gasteiger partial charge in [-0.25, -0.2) is 9.97 Å². The van der Waals surface area contributed by atoms with Gasteiger partial charge in [-0.1, -0.05) is 41.5 Å². The maximum absolute atomic E-state index is 5.95. The molecule has 0 aliphatic rings. The van der Waals surface area contributed by atoms with Gasteiger partial charge in [-0.05, 0) is 22.4 Å². The van der Waals surface area contributed by atoms with Crippen LogP contribution in [0.1, 0.15) is 41.5 Å². The average molecular weight is 285 g/mol. The summed E-state index contributed by atoms with van der Waals surface area (Å²) in [5.74, 6) is 1.51. The summed E-state index contributed by atoms with van der Waals surface area (Å²) < 4.78 is 0. The van der Waals surface area contributed by atoms with Gasteiger partial charge in [0.2, 0.25) is 5.28 Å². The lowest BCUT2D eigenvalue weighted by Gasteiger charge is -2.21. The van der Waals surface area contributed by atoms with E-state index in [0.717, 1.165) is 24.7 Å². The summed E-state index contributed by atoms with van der Waals surface area (Å²) >= 11 is 5.95. The van der Waals surface area contributed by atoms with Gasteiger partial charge in [0.25, 0.3) is 0 Å². The van der Waals surface area contributed by atoms with Crippen LogP contribution in [-0.4, -0.2) is 23.1 Å². The number of nitrogens with zero attached hydrogens (tertiary/aromatic N) is 2. The summed E-state index contributed by atoms with van der Waals surface area (Å²) in [5.41, 5.74) is 0.382. The molecule has 0 bridgehead atoms. The third-order valence-corrected chi connectivity index (χ3v) is 2.47. The highest BCUT2D eigenvalue weighted by molar-refractivity contribution is 6.28. The second kappa shape index (κ2) is 5.95. The Morgan fingerprint density at radius 2 is 1.26 bits per heavy atom. The first kappa shape index (κ1) is 16.0. The van der Waals surface area contributed by atoms with Crippen molar-refractivity contribution in [3.63, 3.8) is 0 Å². The summed E-state index contributed by atoms with van der Waals surface area (Å²) in [6, 6.07) is 1.89. The van der Waals surface area contributed by atoms with Gasteiger partial charge in [0.05, 0.1) is 0 Å². The minimum atomic E-state index is 0.191. The van der Waals surface area contributed by atoms with Crippen LogP contribution in [0, 0.1) is 10.8 Å². The second-order valence-corrected chi connectivity index (χ2v) is 7.57. The topological polar surface area (TPSA) is 49.8 Å². The molecule has 1 rings (SSSR count). The van der Waals surface area contributed by atoms with Crippen molar-refractivity contribution < 1.29 is 0 Å². The molecule has 0 aliphatic carbocycles. The van der Waals surface area contributed by atoms with E-state index in [4.69, 9.17) is 11.6 Å². The zero-order chi connectivity index (χ0) is 14.7. The van der Waals surface area contributed by atoms with Crippen LogP contribution in [0.3, 0.4) is 0 Å². The molecule has 0 spiro atoms. The average Bonchev–Trinajstić information content (AvgIpc) is 2.21. The Morgan fingerprint density at radius 3 is 1.58 bits per heavy atom. The van der Waals surface area contributed by atoms with E-state index in [0.29, 0.717) is 0 Å². The molecule has 0 atom stereocenters. The molecule has 0 unspecified atom stereocenters. The molecule has 0 aliphatic heterocycles. The fourth-order valence-electron chi connectivity index (χ4n) is 1.31. The van der Waals surface area contributed by atoms with E-state index in [9.17, 15) is 0 Å². The molecular weight excluding hydrogens is 260 g/mol. The molecule has 1 aromatic heterocycles. The van der Waals surface area contributed by atoms with Crippen molar-refractivity contribution >= 4 is 23.2 Å². The van der Waals surface area contributed by atoms with Crippen LogP contribution < -0.4 is 10.6 Å². The Balaban J connectivity index is 2.71. The summed E-state index contributed by atoms with van der Waals surface area (Å²) in [6.07, 6.45) is 0. The lowest BCUT2D eigenvalue weighted by molar-refractivity contribution is 0.442. The third kappa shape index (κ3) is 7.21. The summed E-state index contributed by atoms with van der Waals surface area (Å²) in [4.78, 5) is 8.37. The molecule has 0 saturated carbocycles. The van der Waals surface area contributed by atoms with Gasteiger partial charge >= 0.3 is 0 Å². The minimum Gasteiger partial charge on any atom is -0.369 e. The van der Waals surface area contributed by atoms with Crippen LogP contribution in [0.5, 0.6) is 0 Å². The number of nitrogens with one attached hydrogen (secondary N) is 2. The SMILES string of the molecule is CC(C)(C)CNc1cc(NCC(C)(C)C)nc(Cl)n1. The monoisotopic (exact) mass is 284 g/mol. The predicted octanol–water partition coefficient (Wildman–Crippen LogP) is 4.05. The number of anilines is 2. The van der Waals surface area contributed by atoms with Crippen LogP contribution in [0.15, 0.2) is 6.07 Å². The summed E-state index contributed by atoms with van der Waals surface area (Å²) in [7, 11) is 0. The Labute approximate surface area is 121 Å². The fraction of sp³-hybridized carbons (Fsp3) is 0.714. The van der Waals surface area contributed by atoms with E-state index >= 15 is 0 Å². The first-order valence-corrected chi connectivity index (χ1v) is 6.95. The van der Waals surface area contributed by atoms with E-state index in [2.05, 4.69) is 62.1 Å². The van der Waals surface area contributed by atoms with Crippen molar-refractivity contribution in [1.29, 1.82) is 0 Å². The van der Waals surface area contributed by atoms with Gasteiger partial charge in [0, 0.05) is 19.2 Å². The molecule has 0 amide bonds. The number of aromatic nitrogens is 2. The van der Waals surface area contributed by atoms with Crippen LogP contribution in [0.4, 0.5) is 11.6 Å². The molecular formula is C14H25ClN4. The summed E-state index contributed by atoms with van der Waals surface area (Å²) in [6.45, 7) is 14.7. The van der Waals surface area contributed by atoms with Gasteiger partial charge < -0.3 is 10.6 Å². The molecule has 1 aromatic rings. The standard InChI is InChI=1S/C14H25ClN4/c1-13(2,3)8-16-10-7-11(19-12(15)18-10)17-9-14(4,5)6/h7H,8-9H2,1-6H3,(H2,16,17,18,19). The Morgan fingerprint density at radius 1 is 0.895 bits per heavy atom. The van der Waals surface area contributed by atoms with E-state index < -0.39 is 0 Å². The quantitative estimate of drug-likeness (QED) is 0.819. The molecule has 0 fully saturated rings. The lowest BCUT2D eigenvalue weighted by Crippen LogP contribution is -2.21. The van der Waals surface area contributed by atoms with Gasteiger partial charge in [-0.3, -0.25) is 0 Å². The first-order chi connectivity index (χ1) is 8.55. The van der Waals surface area contributed by atoms with Crippen molar-refractivity contribution in [2.45, 2.75) is 41.5 Å². The van der Waals surface area contributed by atoms with E-state index in [1.54, 1.807) is 0 Å². The minimum absolute atomic E-state index is 0.191. The van der Waals surface area contributed by atoms with Gasteiger partial charge in [0.15, 0.2) is 0 Å². The molecule has 2 N–H and O–H groups in total. The van der Waals surface area contributed by atoms with E-state index in [-0.39, 0.29) is 16.1 Å². The molecule has 0 aromatic carbocycles. The smallest absolute Gasteiger partial charge is 0.226 e. The molecule has 4 nitrogen and oxygen atoms in total. The van der Waals surface area contributed by atoms with E-state index in [1.165, 1.54) is 0 Å². The van der Waals surface area contributed by atoms with Crippen LogP contribution in [-0.2, 0) is 0 Å². The Hall–Kier alpha value is -1.03. The van der Waals surface area contributed by atoms with Crippen molar-refractivity contribution in [2.24, 2.45) is 10.8 Å². The molecule has 5 heteroatoms. The van der Waals surface area contributed by atoms with Gasteiger partial charge in [-0.15, -0.1) is 0 Å². The van der Waals surface area contributed by atoms with Crippen molar-refractivity contribution in [1.82, 2.24) is 9.97 Å². The largest absolute Gasteiger partial charge is 0.369 e. The fourth-order valence-corrected chi connectivity index (χ4v) is 1.49. The van der Waals surface area contributed by atoms with Crippen molar-refractivity contribution in [2.75, 3.05) is 23.7 Å². The third-order valence-electron chi connectivity index (χ3n) is 2.30. The number of halogens is 1. The van der Waals surface area contributed by atoms with Crippen molar-refractivity contribution in [3.8, 4) is 0 Å². The van der Waals surface area contributed by atoms with Crippen molar-refractivity contribution in [3.05, 3.63) is 11.3 Å². The number of hydrogen-bond acceptors (Lipinski definition) is 4. The molecule has 1 heterocycles. The van der Waals surface area contributed by atoms with Crippen LogP contribution in [0.25, 0.3) is 0 Å². The summed E-state index contributed by atoms with van der Waals surface area (Å²) in [5, 5.41) is 6.83. The highest BCUT2D eigenvalue weighted by Crippen LogP contribution is 2.19. The highest BCUT2D eigenvalue weighted by Gasteiger charge is 2.13. The normalized spacial score (nSPS) is 12.4.